The summed E-state index contributed by atoms with van der Waals surface area (Å²) in [5.41, 5.74) is 2.04. The average molecular weight is 342 g/mol. The molecule has 2 fully saturated rings. The standard InChI is InChI=1S/C20H30N4O/c1-15-13-23(14-16(15)2)12-11-22-9-7-17(8-10-22)24-19-6-4-3-5-18(19)21-20(24)25/h3-6,15-17H,7-14H2,1-2H3,(H,21,25). The third kappa shape index (κ3) is 3.40. The Bertz CT molecular complexity index is 761. The van der Waals surface area contributed by atoms with Crippen LogP contribution in [0.2, 0.25) is 0 Å². The Hall–Kier alpha value is -1.59. The summed E-state index contributed by atoms with van der Waals surface area (Å²) in [5.74, 6) is 1.67. The van der Waals surface area contributed by atoms with Crippen LogP contribution in [0.1, 0.15) is 32.7 Å². The molecule has 5 heteroatoms. The smallest absolute Gasteiger partial charge is 0.306 e. The first-order valence-corrected chi connectivity index (χ1v) is 9.76. The summed E-state index contributed by atoms with van der Waals surface area (Å²) in [7, 11) is 0. The van der Waals surface area contributed by atoms with Crippen molar-refractivity contribution < 1.29 is 0 Å². The highest BCUT2D eigenvalue weighted by Crippen LogP contribution is 2.25. The summed E-state index contributed by atoms with van der Waals surface area (Å²) >= 11 is 0. The third-order valence-electron chi connectivity index (χ3n) is 6.34. The van der Waals surface area contributed by atoms with E-state index in [1.807, 2.05) is 22.8 Å². The molecule has 2 saturated heterocycles. The molecule has 2 unspecified atom stereocenters. The van der Waals surface area contributed by atoms with Gasteiger partial charge in [-0.15, -0.1) is 0 Å². The summed E-state index contributed by atoms with van der Waals surface area (Å²) in [6, 6.07) is 8.35. The van der Waals surface area contributed by atoms with Crippen molar-refractivity contribution in [3.05, 3.63) is 34.7 Å². The van der Waals surface area contributed by atoms with Gasteiger partial charge in [-0.05, 0) is 36.8 Å². The van der Waals surface area contributed by atoms with Gasteiger partial charge in [0.25, 0.3) is 0 Å². The zero-order chi connectivity index (χ0) is 17.4. The molecule has 0 aliphatic carbocycles. The normalized spacial score (nSPS) is 26.6. The highest BCUT2D eigenvalue weighted by Gasteiger charge is 2.27. The molecule has 1 N–H and O–H groups in total. The summed E-state index contributed by atoms with van der Waals surface area (Å²) in [6.45, 7) is 11.8. The molecule has 2 aromatic rings. The Labute approximate surface area is 149 Å². The van der Waals surface area contributed by atoms with Crippen molar-refractivity contribution in [1.29, 1.82) is 0 Å². The van der Waals surface area contributed by atoms with E-state index in [1.54, 1.807) is 0 Å². The monoisotopic (exact) mass is 342 g/mol. The molecule has 4 rings (SSSR count). The molecule has 0 radical (unpaired) electrons. The zero-order valence-corrected chi connectivity index (χ0v) is 15.4. The zero-order valence-electron chi connectivity index (χ0n) is 15.4. The van der Waals surface area contributed by atoms with Crippen LogP contribution in [0.4, 0.5) is 0 Å². The summed E-state index contributed by atoms with van der Waals surface area (Å²) in [6.07, 6.45) is 2.13. The molecule has 0 bridgehead atoms. The predicted molar refractivity (Wildman–Crippen MR) is 102 cm³/mol. The number of imidazole rings is 1. The molecule has 136 valence electrons. The van der Waals surface area contributed by atoms with Crippen LogP contribution in [0, 0.1) is 11.8 Å². The van der Waals surface area contributed by atoms with Crippen molar-refractivity contribution in [3.63, 3.8) is 0 Å². The lowest BCUT2D eigenvalue weighted by molar-refractivity contribution is 0.165. The largest absolute Gasteiger partial charge is 0.326 e. The minimum Gasteiger partial charge on any atom is -0.306 e. The Morgan fingerprint density at radius 2 is 1.64 bits per heavy atom. The fourth-order valence-electron chi connectivity index (χ4n) is 4.55. The number of hydrogen-bond donors (Lipinski definition) is 1. The second-order valence-electron chi connectivity index (χ2n) is 8.10. The van der Waals surface area contributed by atoms with Gasteiger partial charge in [-0.3, -0.25) is 4.57 Å². The number of H-pyrrole nitrogens is 1. The second kappa shape index (κ2) is 6.96. The van der Waals surface area contributed by atoms with Crippen molar-refractivity contribution in [1.82, 2.24) is 19.4 Å². The van der Waals surface area contributed by atoms with Gasteiger partial charge < -0.3 is 14.8 Å². The molecular formula is C20H30N4O. The Balaban J connectivity index is 1.34. The number of aromatic amines is 1. The van der Waals surface area contributed by atoms with Crippen molar-refractivity contribution >= 4 is 11.0 Å². The first kappa shape index (κ1) is 16.9. The van der Waals surface area contributed by atoms with Crippen LogP contribution in [0.5, 0.6) is 0 Å². The van der Waals surface area contributed by atoms with Crippen LogP contribution in [-0.4, -0.2) is 58.6 Å². The Kier molecular flexibility index (Phi) is 4.69. The molecule has 1 aromatic heterocycles. The van der Waals surface area contributed by atoms with E-state index in [0.29, 0.717) is 6.04 Å². The van der Waals surface area contributed by atoms with Gasteiger partial charge in [0.05, 0.1) is 11.0 Å². The molecule has 0 spiro atoms. The summed E-state index contributed by atoms with van der Waals surface area (Å²) in [5, 5.41) is 0. The quantitative estimate of drug-likeness (QED) is 0.929. The summed E-state index contributed by atoms with van der Waals surface area (Å²) in [4.78, 5) is 20.6. The van der Waals surface area contributed by atoms with Gasteiger partial charge in [0.2, 0.25) is 0 Å². The van der Waals surface area contributed by atoms with Crippen LogP contribution in [0.15, 0.2) is 29.1 Å². The molecule has 0 saturated carbocycles. The topological polar surface area (TPSA) is 44.3 Å². The lowest BCUT2D eigenvalue weighted by atomic mass is 10.0. The highest BCUT2D eigenvalue weighted by molar-refractivity contribution is 5.75. The predicted octanol–water partition coefficient (Wildman–Crippen LogP) is 2.55. The van der Waals surface area contributed by atoms with Crippen LogP contribution in [0.3, 0.4) is 0 Å². The van der Waals surface area contributed by atoms with E-state index in [4.69, 9.17) is 0 Å². The fraction of sp³-hybridized carbons (Fsp3) is 0.650. The molecular weight excluding hydrogens is 312 g/mol. The van der Waals surface area contributed by atoms with Gasteiger partial charge >= 0.3 is 5.69 Å². The van der Waals surface area contributed by atoms with Gasteiger partial charge in [-0.25, -0.2) is 4.79 Å². The maximum Gasteiger partial charge on any atom is 0.326 e. The van der Waals surface area contributed by atoms with Crippen molar-refractivity contribution in [2.75, 3.05) is 39.3 Å². The number of benzene rings is 1. The second-order valence-corrected chi connectivity index (χ2v) is 8.10. The lowest BCUT2D eigenvalue weighted by Gasteiger charge is -2.33. The Morgan fingerprint density at radius 3 is 2.36 bits per heavy atom. The van der Waals surface area contributed by atoms with Gasteiger partial charge in [0.1, 0.15) is 0 Å². The van der Waals surface area contributed by atoms with E-state index in [1.165, 1.54) is 19.6 Å². The number of nitrogens with zero attached hydrogens (tertiary/aromatic N) is 3. The SMILES string of the molecule is CC1CN(CCN2CCC(n3c(=O)[nH]c4ccccc43)CC2)CC1C. The van der Waals surface area contributed by atoms with E-state index in [2.05, 4.69) is 34.7 Å². The number of fused-ring (bicyclic) bond motifs is 1. The van der Waals surface area contributed by atoms with Gasteiger partial charge in [0.15, 0.2) is 0 Å². The molecule has 25 heavy (non-hydrogen) atoms. The molecule has 5 nitrogen and oxygen atoms in total. The van der Waals surface area contributed by atoms with E-state index < -0.39 is 0 Å². The molecule has 2 aliphatic rings. The van der Waals surface area contributed by atoms with Crippen molar-refractivity contribution in [2.45, 2.75) is 32.7 Å². The molecule has 3 heterocycles. The van der Waals surface area contributed by atoms with Gasteiger partial charge in [0, 0.05) is 45.3 Å². The van der Waals surface area contributed by atoms with E-state index in [0.717, 1.165) is 55.3 Å². The van der Waals surface area contributed by atoms with E-state index in [-0.39, 0.29) is 5.69 Å². The molecule has 0 amide bonds. The first-order chi connectivity index (χ1) is 12.1. The number of para-hydroxylation sites is 2. The first-order valence-electron chi connectivity index (χ1n) is 9.76. The molecule has 2 atom stereocenters. The number of aromatic nitrogens is 2. The fourth-order valence-corrected chi connectivity index (χ4v) is 4.55. The number of nitrogens with one attached hydrogen (secondary N) is 1. The Morgan fingerprint density at radius 1 is 1.00 bits per heavy atom. The van der Waals surface area contributed by atoms with Crippen LogP contribution in [0.25, 0.3) is 11.0 Å². The van der Waals surface area contributed by atoms with Crippen molar-refractivity contribution in [3.8, 4) is 0 Å². The van der Waals surface area contributed by atoms with Crippen molar-refractivity contribution in [2.24, 2.45) is 11.8 Å². The molecule has 1 aromatic carbocycles. The van der Waals surface area contributed by atoms with Crippen LogP contribution < -0.4 is 5.69 Å². The lowest BCUT2D eigenvalue weighted by Crippen LogP contribution is -2.40. The molecule has 2 aliphatic heterocycles. The van der Waals surface area contributed by atoms with Crippen LogP contribution in [-0.2, 0) is 0 Å². The highest BCUT2D eigenvalue weighted by atomic mass is 16.1. The maximum atomic E-state index is 12.4. The van der Waals surface area contributed by atoms with E-state index >= 15 is 0 Å². The van der Waals surface area contributed by atoms with Gasteiger partial charge in [-0.1, -0.05) is 26.0 Å². The number of likely N-dealkylation sites (tertiary alicyclic amines) is 2. The van der Waals surface area contributed by atoms with Crippen LogP contribution >= 0.6 is 0 Å². The minimum atomic E-state index is 0.0414. The van der Waals surface area contributed by atoms with E-state index in [9.17, 15) is 4.79 Å². The average Bonchev–Trinajstić information content (AvgIpc) is 3.12. The summed E-state index contributed by atoms with van der Waals surface area (Å²) < 4.78 is 1.98. The number of rotatable bonds is 4. The number of piperidine rings is 1. The number of hydrogen-bond acceptors (Lipinski definition) is 3. The minimum absolute atomic E-state index is 0.0414. The van der Waals surface area contributed by atoms with Gasteiger partial charge in [-0.2, -0.15) is 0 Å². The third-order valence-corrected chi connectivity index (χ3v) is 6.34. The maximum absolute atomic E-state index is 12.4.